The lowest BCUT2D eigenvalue weighted by molar-refractivity contribution is -0.120. The van der Waals surface area contributed by atoms with Gasteiger partial charge in [-0.25, -0.2) is 0 Å². The number of ether oxygens (including phenoxy) is 1. The lowest BCUT2D eigenvalue weighted by atomic mass is 10.2. The van der Waals surface area contributed by atoms with E-state index in [9.17, 15) is 9.59 Å². The number of nitrogens with one attached hydrogen (secondary N) is 2. The summed E-state index contributed by atoms with van der Waals surface area (Å²) in [4.78, 5) is 26.4. The second kappa shape index (κ2) is 7.03. The molecule has 1 aliphatic heterocycles. The molecule has 0 unspecified atom stereocenters. The molecule has 1 aliphatic rings. The fourth-order valence-electron chi connectivity index (χ4n) is 3.19. The number of anilines is 2. The van der Waals surface area contributed by atoms with Crippen LogP contribution in [0.1, 0.15) is 10.6 Å². The van der Waals surface area contributed by atoms with Crippen molar-refractivity contribution in [3.8, 4) is 5.75 Å². The van der Waals surface area contributed by atoms with Crippen LogP contribution in [0.4, 0.5) is 11.4 Å². The number of furan rings is 1. The molecule has 27 heavy (non-hydrogen) atoms. The summed E-state index contributed by atoms with van der Waals surface area (Å²) in [5, 5.41) is 6.48. The van der Waals surface area contributed by atoms with E-state index in [1.54, 1.807) is 19.2 Å². The Labute approximate surface area is 155 Å². The Kier molecular flexibility index (Phi) is 4.42. The molecular formula is C20H19N3O4. The maximum atomic E-state index is 12.7. The van der Waals surface area contributed by atoms with E-state index in [4.69, 9.17) is 9.15 Å². The highest BCUT2D eigenvalue weighted by Crippen LogP contribution is 2.30. The fraction of sp³-hybridized carbons (Fsp3) is 0.200. The minimum absolute atomic E-state index is 0.0354. The zero-order chi connectivity index (χ0) is 18.8. The van der Waals surface area contributed by atoms with Gasteiger partial charge < -0.3 is 24.7 Å². The first kappa shape index (κ1) is 17.0. The van der Waals surface area contributed by atoms with Gasteiger partial charge in [0.25, 0.3) is 5.91 Å². The Hall–Kier alpha value is -3.48. The molecule has 3 aromatic rings. The summed E-state index contributed by atoms with van der Waals surface area (Å²) >= 11 is 0. The molecule has 2 N–H and O–H groups in total. The quantitative estimate of drug-likeness (QED) is 0.743. The van der Waals surface area contributed by atoms with E-state index in [2.05, 4.69) is 10.6 Å². The largest absolute Gasteiger partial charge is 0.493 e. The highest BCUT2D eigenvalue weighted by molar-refractivity contribution is 6.06. The highest BCUT2D eigenvalue weighted by Gasteiger charge is 2.21. The van der Waals surface area contributed by atoms with Crippen LogP contribution in [0.2, 0.25) is 0 Å². The summed E-state index contributed by atoms with van der Waals surface area (Å²) in [6.45, 7) is 1.51. The third-order valence-electron chi connectivity index (χ3n) is 4.48. The van der Waals surface area contributed by atoms with Gasteiger partial charge in [0.2, 0.25) is 5.91 Å². The predicted molar refractivity (Wildman–Crippen MR) is 102 cm³/mol. The molecule has 1 saturated heterocycles. The van der Waals surface area contributed by atoms with Crippen molar-refractivity contribution >= 4 is 34.2 Å². The van der Waals surface area contributed by atoms with Crippen LogP contribution in [-0.2, 0) is 4.79 Å². The molecule has 7 nitrogen and oxygen atoms in total. The topological polar surface area (TPSA) is 83.8 Å². The number of methoxy groups -OCH3 is 1. The summed E-state index contributed by atoms with van der Waals surface area (Å²) in [6.07, 6.45) is 0. The second-order valence-corrected chi connectivity index (χ2v) is 6.23. The van der Waals surface area contributed by atoms with Gasteiger partial charge in [-0.1, -0.05) is 24.3 Å². The van der Waals surface area contributed by atoms with Crippen LogP contribution >= 0.6 is 0 Å². The zero-order valence-electron chi connectivity index (χ0n) is 14.8. The minimum Gasteiger partial charge on any atom is -0.493 e. The number of rotatable bonds is 4. The number of hydrogen-bond acceptors (Lipinski definition) is 5. The molecule has 1 aromatic heterocycles. The average Bonchev–Trinajstić information content (AvgIpc) is 3.13. The van der Waals surface area contributed by atoms with Crippen LogP contribution in [0.3, 0.4) is 0 Å². The number of benzene rings is 2. The SMILES string of the molecule is COc1cccc2cc(C(=O)Nc3ccccc3N3CCNC(=O)C3)oc12. The number of fused-ring (bicyclic) bond motifs is 1. The zero-order valence-corrected chi connectivity index (χ0v) is 14.8. The van der Waals surface area contributed by atoms with Gasteiger partial charge in [-0.3, -0.25) is 9.59 Å². The maximum Gasteiger partial charge on any atom is 0.291 e. The van der Waals surface area contributed by atoms with Gasteiger partial charge in [0.1, 0.15) is 0 Å². The third-order valence-corrected chi connectivity index (χ3v) is 4.48. The molecule has 2 heterocycles. The molecular weight excluding hydrogens is 346 g/mol. The summed E-state index contributed by atoms with van der Waals surface area (Å²) < 4.78 is 11.0. The summed E-state index contributed by atoms with van der Waals surface area (Å²) in [5.41, 5.74) is 1.96. The average molecular weight is 365 g/mol. The van der Waals surface area contributed by atoms with Crippen LogP contribution in [0.15, 0.2) is 52.9 Å². The van der Waals surface area contributed by atoms with Crippen LogP contribution in [0.5, 0.6) is 5.75 Å². The highest BCUT2D eigenvalue weighted by atomic mass is 16.5. The predicted octanol–water partition coefficient (Wildman–Crippen LogP) is 2.63. The number of carbonyl (C=O) groups excluding carboxylic acids is 2. The number of amides is 2. The van der Waals surface area contributed by atoms with Crippen LogP contribution < -0.4 is 20.3 Å². The standard InChI is InChI=1S/C20H19N3O4/c1-26-16-8-4-5-13-11-17(27-19(13)16)20(25)22-14-6-2-3-7-15(14)23-10-9-21-18(24)12-23/h2-8,11H,9-10,12H2,1H3,(H,21,24)(H,22,25). The van der Waals surface area contributed by atoms with E-state index in [0.717, 1.165) is 11.1 Å². The molecule has 0 spiro atoms. The molecule has 0 atom stereocenters. The molecule has 1 fully saturated rings. The van der Waals surface area contributed by atoms with Crippen molar-refractivity contribution in [3.63, 3.8) is 0 Å². The normalized spacial score (nSPS) is 14.1. The minimum atomic E-state index is -0.359. The van der Waals surface area contributed by atoms with Crippen LogP contribution in [-0.4, -0.2) is 38.6 Å². The molecule has 4 rings (SSSR count). The molecule has 138 valence electrons. The maximum absolute atomic E-state index is 12.7. The first-order valence-electron chi connectivity index (χ1n) is 8.64. The number of piperazine rings is 1. The second-order valence-electron chi connectivity index (χ2n) is 6.23. The van der Waals surface area contributed by atoms with Crippen LogP contribution in [0.25, 0.3) is 11.0 Å². The van der Waals surface area contributed by atoms with Crippen molar-refractivity contribution in [3.05, 3.63) is 54.3 Å². The van der Waals surface area contributed by atoms with E-state index in [1.807, 2.05) is 41.3 Å². The number of hydrogen-bond donors (Lipinski definition) is 2. The van der Waals surface area contributed by atoms with Crippen molar-refractivity contribution in [1.82, 2.24) is 5.32 Å². The van der Waals surface area contributed by atoms with E-state index in [1.165, 1.54) is 0 Å². The van der Waals surface area contributed by atoms with Gasteiger partial charge in [0.05, 0.1) is 25.0 Å². The van der Waals surface area contributed by atoms with E-state index in [0.29, 0.717) is 30.1 Å². The van der Waals surface area contributed by atoms with Crippen molar-refractivity contribution < 1.29 is 18.7 Å². The Morgan fingerprint density at radius 3 is 2.89 bits per heavy atom. The van der Waals surface area contributed by atoms with E-state index >= 15 is 0 Å². The van der Waals surface area contributed by atoms with E-state index in [-0.39, 0.29) is 24.1 Å². The van der Waals surface area contributed by atoms with E-state index < -0.39 is 0 Å². The molecule has 0 radical (unpaired) electrons. The van der Waals surface area contributed by atoms with Crippen molar-refractivity contribution in [1.29, 1.82) is 0 Å². The Bertz CT molecular complexity index is 1010. The Balaban J connectivity index is 1.61. The lowest BCUT2D eigenvalue weighted by Gasteiger charge is -2.30. The van der Waals surface area contributed by atoms with Gasteiger partial charge in [0, 0.05) is 18.5 Å². The number of nitrogens with zero attached hydrogens (tertiary/aromatic N) is 1. The molecule has 0 bridgehead atoms. The monoisotopic (exact) mass is 365 g/mol. The molecule has 2 amide bonds. The van der Waals surface area contributed by atoms with Crippen molar-refractivity contribution in [2.24, 2.45) is 0 Å². The van der Waals surface area contributed by atoms with Crippen LogP contribution in [0, 0.1) is 0 Å². The first-order valence-corrected chi connectivity index (χ1v) is 8.64. The first-order chi connectivity index (χ1) is 13.2. The van der Waals surface area contributed by atoms with Gasteiger partial charge in [-0.2, -0.15) is 0 Å². The smallest absolute Gasteiger partial charge is 0.291 e. The summed E-state index contributed by atoms with van der Waals surface area (Å²) in [6, 6.07) is 14.6. The molecule has 0 aliphatic carbocycles. The fourth-order valence-corrected chi connectivity index (χ4v) is 3.19. The van der Waals surface area contributed by atoms with Crippen molar-refractivity contribution in [2.75, 3.05) is 37.0 Å². The van der Waals surface area contributed by atoms with Gasteiger partial charge in [-0.05, 0) is 24.3 Å². The Morgan fingerprint density at radius 1 is 1.22 bits per heavy atom. The molecule has 2 aromatic carbocycles. The Morgan fingerprint density at radius 2 is 2.07 bits per heavy atom. The summed E-state index contributed by atoms with van der Waals surface area (Å²) in [7, 11) is 1.56. The lowest BCUT2D eigenvalue weighted by Crippen LogP contribution is -2.47. The van der Waals surface area contributed by atoms with Crippen molar-refractivity contribution in [2.45, 2.75) is 0 Å². The van der Waals surface area contributed by atoms with Gasteiger partial charge in [0.15, 0.2) is 17.1 Å². The number of para-hydroxylation sites is 3. The molecule has 7 heteroatoms. The molecule has 0 saturated carbocycles. The van der Waals surface area contributed by atoms with Gasteiger partial charge >= 0.3 is 0 Å². The summed E-state index contributed by atoms with van der Waals surface area (Å²) in [5.74, 6) is 0.376. The van der Waals surface area contributed by atoms with Gasteiger partial charge in [-0.15, -0.1) is 0 Å². The third kappa shape index (κ3) is 3.31. The number of carbonyl (C=O) groups is 2.